The summed E-state index contributed by atoms with van der Waals surface area (Å²) in [6.07, 6.45) is 1.33. The summed E-state index contributed by atoms with van der Waals surface area (Å²) in [5, 5.41) is 14.0. The van der Waals surface area contributed by atoms with Crippen LogP contribution in [0, 0.1) is 11.3 Å². The van der Waals surface area contributed by atoms with Gasteiger partial charge in [0.05, 0.1) is 5.56 Å². The standard InChI is InChI=1S/C8H4ClN5O2S/c9-17(15,16)8-12-7(13-14-8)6-2-1-5(3-10)4-11-6/h1-2,4H,(H,12,13,14). The van der Waals surface area contributed by atoms with E-state index in [-0.39, 0.29) is 5.82 Å². The Hall–Kier alpha value is -1.98. The molecule has 0 saturated heterocycles. The predicted octanol–water partition coefficient (Wildman–Crippen LogP) is 0.666. The van der Waals surface area contributed by atoms with Crippen LogP contribution in [-0.2, 0) is 9.05 Å². The molecule has 0 fully saturated rings. The lowest BCUT2D eigenvalue weighted by Gasteiger charge is -1.92. The lowest BCUT2D eigenvalue weighted by Crippen LogP contribution is -1.93. The van der Waals surface area contributed by atoms with Crippen LogP contribution in [-0.4, -0.2) is 28.6 Å². The molecule has 0 saturated carbocycles. The van der Waals surface area contributed by atoms with Gasteiger partial charge >= 0.3 is 0 Å². The van der Waals surface area contributed by atoms with Crippen LogP contribution >= 0.6 is 10.7 Å². The van der Waals surface area contributed by atoms with Crippen molar-refractivity contribution in [2.24, 2.45) is 0 Å². The van der Waals surface area contributed by atoms with Crippen LogP contribution in [0.4, 0.5) is 0 Å². The predicted molar refractivity (Wildman–Crippen MR) is 57.4 cm³/mol. The van der Waals surface area contributed by atoms with Crippen molar-refractivity contribution in [3.8, 4) is 17.6 Å². The minimum atomic E-state index is -3.94. The summed E-state index contributed by atoms with van der Waals surface area (Å²) < 4.78 is 21.9. The largest absolute Gasteiger partial charge is 0.296 e. The maximum absolute atomic E-state index is 10.9. The summed E-state index contributed by atoms with van der Waals surface area (Å²) in [5.41, 5.74) is 0.723. The van der Waals surface area contributed by atoms with Gasteiger partial charge in [0.2, 0.25) is 5.82 Å². The molecule has 0 radical (unpaired) electrons. The molecule has 1 N–H and O–H groups in total. The van der Waals surface area contributed by atoms with Gasteiger partial charge in [-0.3, -0.25) is 4.98 Å². The number of nitrogens with one attached hydrogen (secondary N) is 1. The minimum absolute atomic E-state index is 0.0914. The Balaban J connectivity index is 2.41. The van der Waals surface area contributed by atoms with E-state index >= 15 is 0 Å². The molecule has 0 aliphatic heterocycles. The van der Waals surface area contributed by atoms with Crippen LogP contribution in [0.5, 0.6) is 0 Å². The van der Waals surface area contributed by atoms with Crippen LogP contribution in [0.15, 0.2) is 23.5 Å². The molecule has 2 aromatic rings. The molecule has 0 amide bonds. The average molecular weight is 270 g/mol. The molecule has 2 heterocycles. The second-order valence-corrected chi connectivity index (χ2v) is 5.43. The van der Waals surface area contributed by atoms with E-state index in [9.17, 15) is 8.42 Å². The summed E-state index contributed by atoms with van der Waals surface area (Å²) >= 11 is 0. The van der Waals surface area contributed by atoms with E-state index in [1.165, 1.54) is 18.3 Å². The number of rotatable bonds is 2. The third-order valence-electron chi connectivity index (χ3n) is 1.82. The van der Waals surface area contributed by atoms with E-state index in [1.807, 2.05) is 6.07 Å². The molecule has 17 heavy (non-hydrogen) atoms. The number of H-pyrrole nitrogens is 1. The van der Waals surface area contributed by atoms with Crippen molar-refractivity contribution in [2.75, 3.05) is 0 Å². The van der Waals surface area contributed by atoms with Gasteiger partial charge in [0, 0.05) is 16.9 Å². The lowest BCUT2D eigenvalue weighted by atomic mass is 10.2. The van der Waals surface area contributed by atoms with Gasteiger partial charge in [0.25, 0.3) is 14.2 Å². The quantitative estimate of drug-likeness (QED) is 0.802. The smallest absolute Gasteiger partial charge is 0.251 e. The van der Waals surface area contributed by atoms with E-state index in [1.54, 1.807) is 0 Å². The van der Waals surface area contributed by atoms with Crippen molar-refractivity contribution in [1.82, 2.24) is 20.2 Å². The first-order valence-corrected chi connectivity index (χ1v) is 6.55. The van der Waals surface area contributed by atoms with Crippen LogP contribution in [0.2, 0.25) is 0 Å². The summed E-state index contributed by atoms with van der Waals surface area (Å²) in [6.45, 7) is 0. The van der Waals surface area contributed by atoms with Gasteiger partial charge in [-0.15, -0.1) is 0 Å². The fourth-order valence-corrected chi connectivity index (χ4v) is 1.62. The summed E-state index contributed by atoms with van der Waals surface area (Å²) in [4.78, 5) is 7.59. The van der Waals surface area contributed by atoms with E-state index in [2.05, 4.69) is 20.2 Å². The molecular formula is C8H4ClN5O2S. The summed E-state index contributed by atoms with van der Waals surface area (Å²) in [7, 11) is 1.14. The number of nitrogens with zero attached hydrogens (tertiary/aromatic N) is 4. The maximum Gasteiger partial charge on any atom is 0.296 e. The highest BCUT2D eigenvalue weighted by molar-refractivity contribution is 8.13. The zero-order valence-electron chi connectivity index (χ0n) is 8.12. The second-order valence-electron chi connectivity index (χ2n) is 2.95. The first kappa shape index (κ1) is 11.5. The molecule has 2 rings (SSSR count). The van der Waals surface area contributed by atoms with E-state index in [4.69, 9.17) is 15.9 Å². The molecule has 2 aromatic heterocycles. The minimum Gasteiger partial charge on any atom is -0.251 e. The topological polar surface area (TPSA) is 112 Å². The molecule has 0 aromatic carbocycles. The van der Waals surface area contributed by atoms with Gasteiger partial charge in [-0.1, -0.05) is 0 Å². The number of aromatic amines is 1. The van der Waals surface area contributed by atoms with Crippen molar-refractivity contribution < 1.29 is 8.42 Å². The van der Waals surface area contributed by atoms with Crippen LogP contribution < -0.4 is 0 Å². The SMILES string of the molecule is N#Cc1ccc(-c2n[nH]c(S(=O)(=O)Cl)n2)nc1. The first-order valence-electron chi connectivity index (χ1n) is 4.24. The van der Waals surface area contributed by atoms with Gasteiger partial charge in [-0.25, -0.2) is 13.5 Å². The Morgan fingerprint density at radius 3 is 2.65 bits per heavy atom. The Morgan fingerprint density at radius 2 is 2.18 bits per heavy atom. The van der Waals surface area contributed by atoms with Crippen molar-refractivity contribution in [3.05, 3.63) is 23.9 Å². The number of pyridine rings is 1. The van der Waals surface area contributed by atoms with Crippen molar-refractivity contribution in [2.45, 2.75) is 5.16 Å². The molecular weight excluding hydrogens is 266 g/mol. The molecule has 0 aliphatic carbocycles. The monoisotopic (exact) mass is 269 g/mol. The van der Waals surface area contributed by atoms with Gasteiger partial charge < -0.3 is 0 Å². The molecule has 86 valence electrons. The van der Waals surface area contributed by atoms with Crippen LogP contribution in [0.3, 0.4) is 0 Å². The lowest BCUT2D eigenvalue weighted by molar-refractivity contribution is 0.602. The van der Waals surface area contributed by atoms with Gasteiger partial charge in [-0.05, 0) is 12.1 Å². The Morgan fingerprint density at radius 1 is 1.41 bits per heavy atom. The Bertz CT molecular complexity index is 685. The highest BCUT2D eigenvalue weighted by atomic mass is 35.7. The highest BCUT2D eigenvalue weighted by Gasteiger charge is 2.17. The van der Waals surface area contributed by atoms with Gasteiger partial charge in [0.1, 0.15) is 11.8 Å². The number of halogens is 1. The Kier molecular flexibility index (Phi) is 2.79. The fourth-order valence-electron chi connectivity index (χ4n) is 1.06. The second kappa shape index (κ2) is 4.12. The van der Waals surface area contributed by atoms with E-state index < -0.39 is 14.2 Å². The number of aromatic nitrogens is 4. The number of nitriles is 1. The van der Waals surface area contributed by atoms with E-state index in [0.717, 1.165) is 0 Å². The molecule has 9 heteroatoms. The molecule has 0 bridgehead atoms. The first-order chi connectivity index (χ1) is 8.00. The van der Waals surface area contributed by atoms with Crippen LogP contribution in [0.25, 0.3) is 11.5 Å². The normalized spacial score (nSPS) is 11.1. The molecule has 7 nitrogen and oxygen atoms in total. The maximum atomic E-state index is 10.9. The van der Waals surface area contributed by atoms with Gasteiger partial charge in [0.15, 0.2) is 0 Å². The molecule has 0 spiro atoms. The Labute approximate surface area is 101 Å². The van der Waals surface area contributed by atoms with Crippen LogP contribution in [0.1, 0.15) is 5.56 Å². The third kappa shape index (κ3) is 2.41. The number of hydrogen-bond donors (Lipinski definition) is 1. The zero-order valence-corrected chi connectivity index (χ0v) is 9.70. The van der Waals surface area contributed by atoms with Crippen molar-refractivity contribution in [1.29, 1.82) is 5.26 Å². The van der Waals surface area contributed by atoms with E-state index in [0.29, 0.717) is 11.3 Å². The number of hydrogen-bond acceptors (Lipinski definition) is 6. The van der Waals surface area contributed by atoms with Gasteiger partial charge in [-0.2, -0.15) is 15.3 Å². The summed E-state index contributed by atoms with van der Waals surface area (Å²) in [5.74, 6) is 0.0914. The summed E-state index contributed by atoms with van der Waals surface area (Å²) in [6, 6.07) is 4.93. The molecule has 0 unspecified atom stereocenters. The molecule has 0 atom stereocenters. The highest BCUT2D eigenvalue weighted by Crippen LogP contribution is 2.15. The third-order valence-corrected chi connectivity index (χ3v) is 2.90. The molecule has 0 aliphatic rings. The zero-order chi connectivity index (χ0) is 12.5. The fraction of sp³-hybridized carbons (Fsp3) is 0. The van der Waals surface area contributed by atoms with Crippen molar-refractivity contribution in [3.63, 3.8) is 0 Å². The van der Waals surface area contributed by atoms with Crippen molar-refractivity contribution >= 4 is 19.7 Å². The average Bonchev–Trinajstić information content (AvgIpc) is 2.78.